The summed E-state index contributed by atoms with van der Waals surface area (Å²) in [6.45, 7) is 8.00. The molecule has 9 aliphatic rings. The highest BCUT2D eigenvalue weighted by molar-refractivity contribution is 6.33. The third kappa shape index (κ3) is 18.8. The number of methoxy groups -OCH3 is 12. The van der Waals surface area contributed by atoms with Crippen molar-refractivity contribution < 1.29 is 151 Å². The number of nitrogens with two attached hydrogens (primary N) is 1. The fourth-order valence-corrected chi connectivity index (χ4v) is 20.7. The highest BCUT2D eigenvalue weighted by atomic mass is 19.4. The summed E-state index contributed by atoms with van der Waals surface area (Å²) in [4.78, 5) is 143. The van der Waals surface area contributed by atoms with Crippen molar-refractivity contribution in [2.45, 2.75) is 222 Å². The van der Waals surface area contributed by atoms with Crippen molar-refractivity contribution in [3.05, 3.63) is 160 Å². The molecule has 2 N–H and O–H groups in total. The summed E-state index contributed by atoms with van der Waals surface area (Å²) in [7, 11) is 20.8. The van der Waals surface area contributed by atoms with Gasteiger partial charge in [0.15, 0.2) is 48.4 Å². The molecule has 3 fully saturated rings. The summed E-state index contributed by atoms with van der Waals surface area (Å²) in [5.41, 5.74) is 8.76. The first kappa shape index (κ1) is 102. The summed E-state index contributed by atoms with van der Waals surface area (Å²) >= 11 is 0. The molecular formula is C100H117F3N4O30. The number of hydrogen-bond donors (Lipinski definition) is 1. The van der Waals surface area contributed by atoms with E-state index in [1.54, 1.807) is 42.9 Å². The lowest BCUT2D eigenvalue weighted by Crippen LogP contribution is -2.55. The van der Waals surface area contributed by atoms with Crippen LogP contribution in [-0.4, -0.2) is 253 Å². The predicted octanol–water partition coefficient (Wildman–Crippen LogP) is 11.7. The van der Waals surface area contributed by atoms with Gasteiger partial charge in [-0.1, -0.05) is 44.5 Å². The van der Waals surface area contributed by atoms with Gasteiger partial charge in [0.1, 0.15) is 70.8 Å². The van der Waals surface area contributed by atoms with Gasteiger partial charge in [0.05, 0.1) is 143 Å². The van der Waals surface area contributed by atoms with Crippen molar-refractivity contribution in [3.8, 4) is 51.6 Å². The molecule has 0 bridgehead atoms. The Kier molecular flexibility index (Phi) is 31.2. The molecule has 0 amide bonds. The number of cyclic esters (lactones) is 1. The molecule has 5 aliphatic heterocycles. The maximum atomic E-state index is 14.4. The monoisotopic (exact) mass is 1910 g/mol. The molecule has 14 atom stereocenters. The quantitative estimate of drug-likeness (QED) is 0.0394. The summed E-state index contributed by atoms with van der Waals surface area (Å²) < 4.78 is 159. The van der Waals surface area contributed by atoms with Crippen molar-refractivity contribution in [1.29, 1.82) is 0 Å². The standard InChI is InChI=1S/C39H45F3O13.C36H45NO12.C25H27N3O5/c1-8-9-13-27(45)53-18-26(44)38(52-7)16-22-30(24(17-38)55-28-15-20(14-25(43)39(40,41)42)35(49-4)19(2)54-28)37(51-6)32-31(36(22)50-5)33(46)21-11-10-12-23(48-3)29(21)34(32)47;1-18-33(49-25-12-7-8-13-46-25)21(37)14-26(47-18)48-23-16-36(45-6,24(38)17-41-2)15-20-28(23)35(44-5)30-29(34(20)43-4)31(39)19-10-9-11-22(42-3)27(19)32(30)40;1-6-25(32-5)18-10-20-22-14(11-28(20)23(29)17(18)13-33-24(25)30)9-15-16(12-27(2)3)21(31-4)8-7-19(15)26-22/h10-12,19-20,24,28,35H,8-9,13-18H2,1-7H3;9-11,18,21,23,25-26,33H,7-8,12-17,37H2,1-6H3;7-10H,6,11-13H2,1-5H3/t19?,20-,24+,28+,35+,38+;18-,21-,23?,25?,26?,33+,36-;25-/m100/s1. The third-order valence-electron chi connectivity index (χ3n) is 27.4. The lowest BCUT2D eigenvalue weighted by atomic mass is 9.71. The minimum Gasteiger partial charge on any atom is -0.496 e. The number of carbonyl (C=O) groups is 9. The van der Waals surface area contributed by atoms with Crippen LogP contribution in [0.5, 0.6) is 40.2 Å². The molecule has 7 aromatic rings. The Bertz CT molecular complexity index is 5910. The second-order valence-corrected chi connectivity index (χ2v) is 35.4. The van der Waals surface area contributed by atoms with Gasteiger partial charge in [-0.3, -0.25) is 43.2 Å². The number of esters is 2. The molecule has 738 valence electrons. The fourth-order valence-electron chi connectivity index (χ4n) is 20.7. The van der Waals surface area contributed by atoms with E-state index in [9.17, 15) is 61.1 Å². The minimum absolute atomic E-state index is 0.00111. The second-order valence-electron chi connectivity index (χ2n) is 35.4. The number of carbonyl (C=O) groups excluding carboxylic acids is 9. The van der Waals surface area contributed by atoms with Gasteiger partial charge in [-0.25, -0.2) is 9.78 Å². The number of fused-ring (bicyclic) bond motifs is 11. The normalized spacial score (nSPS) is 25.0. The number of halogens is 3. The highest BCUT2D eigenvalue weighted by Gasteiger charge is 2.57. The molecule has 0 spiro atoms. The van der Waals surface area contributed by atoms with E-state index in [0.717, 1.165) is 59.2 Å². The Morgan fingerprint density at radius 3 is 1.64 bits per heavy atom. The lowest BCUT2D eigenvalue weighted by molar-refractivity contribution is -0.281. The zero-order chi connectivity index (χ0) is 98.9. The number of benzene rings is 5. The van der Waals surface area contributed by atoms with Gasteiger partial charge >= 0.3 is 18.1 Å². The average molecular weight is 1910 g/mol. The van der Waals surface area contributed by atoms with Crippen LogP contribution >= 0.6 is 0 Å². The van der Waals surface area contributed by atoms with Gasteiger partial charge < -0.3 is 110 Å². The molecular weight excluding hydrogens is 1790 g/mol. The fraction of sp³-hybridized carbons (Fsp3) is 0.530. The Balaban J connectivity index is 0.000000169. The number of ether oxygens (including phenoxy) is 20. The second kappa shape index (κ2) is 41.9. The Labute approximate surface area is 789 Å². The molecule has 137 heavy (non-hydrogen) atoms. The van der Waals surface area contributed by atoms with Gasteiger partial charge in [-0.2, -0.15) is 13.2 Å². The molecule has 37 heteroatoms. The molecule has 4 unspecified atom stereocenters. The van der Waals surface area contributed by atoms with Crippen LogP contribution in [0.4, 0.5) is 13.2 Å². The number of aromatic nitrogens is 2. The molecule has 7 heterocycles. The Morgan fingerprint density at radius 1 is 0.606 bits per heavy atom. The summed E-state index contributed by atoms with van der Waals surface area (Å²) in [5, 5.41) is 1.01. The van der Waals surface area contributed by atoms with Gasteiger partial charge in [-0.05, 0) is 102 Å². The smallest absolute Gasteiger partial charge is 0.449 e. The number of unbranched alkanes of at least 4 members (excludes halogenated alkanes) is 1. The molecule has 0 saturated carbocycles. The van der Waals surface area contributed by atoms with E-state index < -0.39 is 144 Å². The van der Waals surface area contributed by atoms with Crippen LogP contribution in [0, 0.1) is 5.92 Å². The van der Waals surface area contributed by atoms with Gasteiger partial charge in [0.2, 0.25) is 23.1 Å². The van der Waals surface area contributed by atoms with Crippen molar-refractivity contribution in [1.82, 2.24) is 14.5 Å². The van der Waals surface area contributed by atoms with Gasteiger partial charge in [-0.15, -0.1) is 0 Å². The topological polar surface area (TPSA) is 402 Å². The molecule has 0 radical (unpaired) electrons. The van der Waals surface area contributed by atoms with E-state index in [1.165, 1.54) is 90.3 Å². The Morgan fingerprint density at radius 2 is 1.15 bits per heavy atom. The number of hydrogen-bond acceptors (Lipinski definition) is 33. The molecule has 16 rings (SSSR count). The van der Waals surface area contributed by atoms with Crippen molar-refractivity contribution in [2.75, 3.05) is 119 Å². The molecule has 2 aromatic heterocycles. The number of pyridine rings is 2. The first-order valence-electron chi connectivity index (χ1n) is 45.4. The number of alkyl halides is 3. The predicted molar refractivity (Wildman–Crippen MR) is 483 cm³/mol. The number of ketones is 7. The van der Waals surface area contributed by atoms with E-state index >= 15 is 0 Å². The van der Waals surface area contributed by atoms with Crippen LogP contribution in [-0.2, 0) is 124 Å². The van der Waals surface area contributed by atoms with Crippen LogP contribution in [0.15, 0.2) is 65.5 Å². The van der Waals surface area contributed by atoms with Crippen LogP contribution in [0.1, 0.15) is 225 Å². The summed E-state index contributed by atoms with van der Waals surface area (Å²) in [6, 6.07) is 16.8. The number of nitrogens with zero attached hydrogens (tertiary/aromatic N) is 3. The number of rotatable bonds is 31. The van der Waals surface area contributed by atoms with E-state index in [4.69, 9.17) is 105 Å². The summed E-state index contributed by atoms with van der Waals surface area (Å²) in [5.74, 6) is -5.74. The first-order valence-corrected chi connectivity index (χ1v) is 45.4. The zero-order valence-electron chi connectivity index (χ0n) is 80.1. The van der Waals surface area contributed by atoms with Crippen molar-refractivity contribution >= 4 is 63.3 Å². The van der Waals surface area contributed by atoms with Crippen LogP contribution in [0.2, 0.25) is 0 Å². The third-order valence-corrected chi connectivity index (χ3v) is 27.4. The molecule has 3 saturated heterocycles. The number of Topliss-reactive ketones (excluding diaryl/α,β-unsaturated/α-hetero) is 3. The van der Waals surface area contributed by atoms with Crippen LogP contribution < -0.4 is 44.5 Å². The zero-order valence-corrected chi connectivity index (χ0v) is 80.1. The van der Waals surface area contributed by atoms with E-state index in [2.05, 4.69) is 11.0 Å². The summed E-state index contributed by atoms with van der Waals surface area (Å²) in [6.07, 6.45) is -9.19. The van der Waals surface area contributed by atoms with Crippen molar-refractivity contribution in [2.24, 2.45) is 11.7 Å². The van der Waals surface area contributed by atoms with E-state index in [1.807, 2.05) is 53.1 Å². The van der Waals surface area contributed by atoms with Gasteiger partial charge in [0.25, 0.3) is 5.56 Å². The lowest BCUT2D eigenvalue weighted by Gasteiger charge is -2.45. The Hall–Kier alpha value is -11.0. The highest BCUT2D eigenvalue weighted by Crippen LogP contribution is 2.58. The first-order chi connectivity index (χ1) is 65.6. The molecule has 4 aliphatic carbocycles. The van der Waals surface area contributed by atoms with Crippen LogP contribution in [0.25, 0.3) is 22.3 Å². The van der Waals surface area contributed by atoms with Crippen molar-refractivity contribution in [3.63, 3.8) is 0 Å². The maximum Gasteiger partial charge on any atom is 0.449 e. The largest absolute Gasteiger partial charge is 0.496 e. The minimum atomic E-state index is -5.08. The molecule has 34 nitrogen and oxygen atoms in total. The average Bonchev–Trinajstić information content (AvgIpc) is 1.38. The van der Waals surface area contributed by atoms with E-state index in [0.29, 0.717) is 60.5 Å². The SMILES string of the molecule is CCCCC(=O)OCC(=O)[C@]1(OC)Cc2c(OC)c3c(c(OC)c2[C@@H](O[C@H]2C[C@@H](CC(=O)C(F)(F)F)[C@@H](OC)C(C)O2)C1)C(=O)c1c(OC)cccc1C3=O.CC[C@@]1(OC)C(=O)OCc2c1cc1n(c2=O)Cc2cc3c(CN(C)C)c(OC)ccc3nc2-1.COCC(=O)[C@]1(OC)Cc2c(OC)c3c(c(OC)c2C(OC2C[C@H](N)[C@H](OC4CCCCO4)[C@H](C)O2)C1)C(=O)c1c(OC)cccc1C3=O. The van der Waals surface area contributed by atoms with Gasteiger partial charge in [0, 0.05) is 162 Å². The maximum absolute atomic E-state index is 14.4. The molecule has 5 aromatic carbocycles. The van der Waals surface area contributed by atoms with E-state index in [-0.39, 0.29) is 166 Å². The van der Waals surface area contributed by atoms with Crippen LogP contribution in [0.3, 0.4) is 0 Å².